The Kier molecular flexibility index (Phi) is 2.90. The molecule has 1 aliphatic heterocycles. The van der Waals surface area contributed by atoms with E-state index < -0.39 is 11.8 Å². The molecule has 0 saturated carbocycles. The van der Waals surface area contributed by atoms with Crippen LogP contribution in [-0.4, -0.2) is 21.0 Å². The molecule has 0 amide bonds. The number of fused-ring (bicyclic) bond motifs is 3. The Labute approximate surface area is 130 Å². The number of ether oxygens (including phenoxy) is 1. The molecule has 4 rings (SSSR count). The monoisotopic (exact) mass is 310 g/mol. The third kappa shape index (κ3) is 2.07. The number of nitrogens with zero attached hydrogens (tertiary/aromatic N) is 1. The van der Waals surface area contributed by atoms with Gasteiger partial charge in [0, 0.05) is 28.5 Å². The molecule has 3 heterocycles. The van der Waals surface area contributed by atoms with Crippen LogP contribution in [0.25, 0.3) is 22.4 Å². The fourth-order valence-corrected chi connectivity index (χ4v) is 2.89. The van der Waals surface area contributed by atoms with Crippen molar-refractivity contribution >= 4 is 5.97 Å². The van der Waals surface area contributed by atoms with Crippen LogP contribution in [0.2, 0.25) is 0 Å². The number of H-pyrrole nitrogens is 1. The van der Waals surface area contributed by atoms with E-state index in [1.54, 1.807) is 0 Å². The SMILES string of the molecule is O=C(O)c1[nH]c2c(c1-c1cncc(F)c1)COc1ccccc1-2. The zero-order valence-corrected chi connectivity index (χ0v) is 11.8. The minimum absolute atomic E-state index is 0.00250. The van der Waals surface area contributed by atoms with Gasteiger partial charge in [-0.2, -0.15) is 0 Å². The van der Waals surface area contributed by atoms with Crippen molar-refractivity contribution in [2.24, 2.45) is 0 Å². The molecule has 5 nitrogen and oxygen atoms in total. The Bertz CT molecular complexity index is 933. The molecular weight excluding hydrogens is 299 g/mol. The van der Waals surface area contributed by atoms with E-state index >= 15 is 0 Å². The Morgan fingerprint density at radius 2 is 2.13 bits per heavy atom. The van der Waals surface area contributed by atoms with Crippen LogP contribution in [0.5, 0.6) is 5.75 Å². The molecule has 2 N–H and O–H groups in total. The smallest absolute Gasteiger partial charge is 0.352 e. The first-order valence-corrected chi connectivity index (χ1v) is 6.96. The zero-order chi connectivity index (χ0) is 16.0. The van der Waals surface area contributed by atoms with Crippen LogP contribution < -0.4 is 4.74 Å². The van der Waals surface area contributed by atoms with E-state index in [1.807, 2.05) is 24.3 Å². The summed E-state index contributed by atoms with van der Waals surface area (Å²) in [4.78, 5) is 18.4. The molecule has 0 aliphatic carbocycles. The number of aromatic amines is 1. The van der Waals surface area contributed by atoms with Crippen molar-refractivity contribution in [1.29, 1.82) is 0 Å². The van der Waals surface area contributed by atoms with Crippen LogP contribution in [0.4, 0.5) is 4.39 Å². The van der Waals surface area contributed by atoms with Crippen LogP contribution in [0.15, 0.2) is 42.7 Å². The normalized spacial score (nSPS) is 12.2. The van der Waals surface area contributed by atoms with Gasteiger partial charge < -0.3 is 14.8 Å². The lowest BCUT2D eigenvalue weighted by Gasteiger charge is -2.18. The lowest BCUT2D eigenvalue weighted by molar-refractivity contribution is 0.0692. The van der Waals surface area contributed by atoms with Gasteiger partial charge in [0.2, 0.25) is 0 Å². The van der Waals surface area contributed by atoms with Crippen LogP contribution >= 0.6 is 0 Å². The van der Waals surface area contributed by atoms with E-state index in [1.165, 1.54) is 12.3 Å². The molecule has 114 valence electrons. The molecule has 0 saturated heterocycles. The predicted octanol–water partition coefficient (Wildman–Crippen LogP) is 3.47. The van der Waals surface area contributed by atoms with Gasteiger partial charge in [0.15, 0.2) is 0 Å². The van der Waals surface area contributed by atoms with E-state index in [-0.39, 0.29) is 12.3 Å². The molecule has 0 bridgehead atoms. The number of benzene rings is 1. The van der Waals surface area contributed by atoms with Gasteiger partial charge in [0.25, 0.3) is 0 Å². The summed E-state index contributed by atoms with van der Waals surface area (Å²) in [6, 6.07) is 8.64. The van der Waals surface area contributed by atoms with Crippen molar-refractivity contribution in [3.05, 3.63) is 59.8 Å². The number of carboxylic acid groups (broad SMARTS) is 1. The number of aromatic carboxylic acids is 1. The molecular formula is C17H11FN2O3. The minimum atomic E-state index is -1.11. The summed E-state index contributed by atoms with van der Waals surface area (Å²) in [5.41, 5.74) is 2.98. The number of para-hydroxylation sites is 1. The van der Waals surface area contributed by atoms with Crippen LogP contribution in [0, 0.1) is 5.82 Å². The van der Waals surface area contributed by atoms with Crippen molar-refractivity contribution < 1.29 is 19.0 Å². The molecule has 0 spiro atoms. The van der Waals surface area contributed by atoms with Gasteiger partial charge in [-0.15, -0.1) is 0 Å². The fourth-order valence-electron chi connectivity index (χ4n) is 2.89. The number of hydrogen-bond acceptors (Lipinski definition) is 3. The predicted molar refractivity (Wildman–Crippen MR) is 80.7 cm³/mol. The Morgan fingerprint density at radius 1 is 1.30 bits per heavy atom. The largest absolute Gasteiger partial charge is 0.488 e. The second-order valence-electron chi connectivity index (χ2n) is 5.21. The highest BCUT2D eigenvalue weighted by atomic mass is 19.1. The molecule has 6 heteroatoms. The number of pyridine rings is 1. The standard InChI is InChI=1S/C17H11FN2O3/c18-10-5-9(6-19-7-10)14-12-8-23-13-4-2-1-3-11(13)15(12)20-16(14)17(21)22/h1-7,20H,8H2,(H,21,22). The lowest BCUT2D eigenvalue weighted by atomic mass is 9.97. The highest BCUT2D eigenvalue weighted by Crippen LogP contribution is 2.42. The average Bonchev–Trinajstić information content (AvgIpc) is 2.95. The van der Waals surface area contributed by atoms with E-state index in [0.29, 0.717) is 28.1 Å². The van der Waals surface area contributed by atoms with E-state index in [0.717, 1.165) is 11.8 Å². The number of carboxylic acids is 1. The maximum Gasteiger partial charge on any atom is 0.352 e. The van der Waals surface area contributed by atoms with Gasteiger partial charge in [-0.3, -0.25) is 4.98 Å². The van der Waals surface area contributed by atoms with Gasteiger partial charge in [-0.05, 0) is 18.2 Å². The number of hydrogen-bond donors (Lipinski definition) is 2. The number of halogens is 1. The van der Waals surface area contributed by atoms with E-state index in [2.05, 4.69) is 9.97 Å². The van der Waals surface area contributed by atoms with Crippen LogP contribution in [-0.2, 0) is 6.61 Å². The Hall–Kier alpha value is -3.15. The second kappa shape index (κ2) is 4.95. The molecule has 0 atom stereocenters. The number of rotatable bonds is 2. The molecule has 1 aliphatic rings. The number of aromatic nitrogens is 2. The van der Waals surface area contributed by atoms with Crippen molar-refractivity contribution in [3.8, 4) is 28.1 Å². The molecule has 1 aromatic carbocycles. The van der Waals surface area contributed by atoms with E-state index in [4.69, 9.17) is 4.74 Å². The van der Waals surface area contributed by atoms with Crippen molar-refractivity contribution in [2.45, 2.75) is 6.61 Å². The molecule has 0 unspecified atom stereocenters. The minimum Gasteiger partial charge on any atom is -0.488 e. The van der Waals surface area contributed by atoms with Gasteiger partial charge in [0.1, 0.15) is 23.9 Å². The third-order valence-electron chi connectivity index (χ3n) is 3.84. The molecule has 0 radical (unpaired) electrons. The summed E-state index contributed by atoms with van der Waals surface area (Å²) in [7, 11) is 0. The van der Waals surface area contributed by atoms with Crippen LogP contribution in [0.1, 0.15) is 16.1 Å². The second-order valence-corrected chi connectivity index (χ2v) is 5.21. The summed E-state index contributed by atoms with van der Waals surface area (Å²) in [6.45, 7) is 0.210. The summed E-state index contributed by atoms with van der Waals surface area (Å²) in [5.74, 6) is -0.954. The molecule has 3 aromatic rings. The Balaban J connectivity index is 2.01. The first-order valence-electron chi connectivity index (χ1n) is 6.96. The van der Waals surface area contributed by atoms with Gasteiger partial charge in [-0.1, -0.05) is 12.1 Å². The summed E-state index contributed by atoms with van der Waals surface area (Å²) in [6.07, 6.45) is 2.52. The lowest BCUT2D eigenvalue weighted by Crippen LogP contribution is -2.05. The Morgan fingerprint density at radius 3 is 2.91 bits per heavy atom. The topological polar surface area (TPSA) is 75.2 Å². The maximum atomic E-state index is 13.5. The number of nitrogens with one attached hydrogen (secondary N) is 1. The summed E-state index contributed by atoms with van der Waals surface area (Å²) in [5, 5.41) is 9.51. The first kappa shape index (κ1) is 13.5. The molecule has 2 aromatic heterocycles. The highest BCUT2D eigenvalue weighted by Gasteiger charge is 2.28. The fraction of sp³-hybridized carbons (Fsp3) is 0.0588. The first-order chi connectivity index (χ1) is 11.1. The third-order valence-corrected chi connectivity index (χ3v) is 3.84. The van der Waals surface area contributed by atoms with Crippen molar-refractivity contribution in [3.63, 3.8) is 0 Å². The van der Waals surface area contributed by atoms with E-state index in [9.17, 15) is 14.3 Å². The van der Waals surface area contributed by atoms with Crippen molar-refractivity contribution in [2.75, 3.05) is 0 Å². The van der Waals surface area contributed by atoms with Crippen LogP contribution in [0.3, 0.4) is 0 Å². The highest BCUT2D eigenvalue weighted by molar-refractivity contribution is 5.98. The molecule has 23 heavy (non-hydrogen) atoms. The summed E-state index contributed by atoms with van der Waals surface area (Å²) < 4.78 is 19.2. The quantitative estimate of drug-likeness (QED) is 0.760. The zero-order valence-electron chi connectivity index (χ0n) is 11.8. The average molecular weight is 310 g/mol. The van der Waals surface area contributed by atoms with Gasteiger partial charge >= 0.3 is 5.97 Å². The maximum absolute atomic E-state index is 13.5. The van der Waals surface area contributed by atoms with Crippen molar-refractivity contribution in [1.82, 2.24) is 9.97 Å². The van der Waals surface area contributed by atoms with Gasteiger partial charge in [-0.25, -0.2) is 9.18 Å². The summed E-state index contributed by atoms with van der Waals surface area (Å²) >= 11 is 0. The number of carbonyl (C=O) groups is 1. The van der Waals surface area contributed by atoms with Gasteiger partial charge in [0.05, 0.1) is 11.9 Å². The molecule has 0 fully saturated rings.